The van der Waals surface area contributed by atoms with Gasteiger partial charge in [-0.15, -0.1) is 0 Å². The molecule has 2 heterocycles. The molecular formula is C21H28N4O2. The van der Waals surface area contributed by atoms with Gasteiger partial charge in [-0.3, -0.25) is 13.9 Å². The third-order valence-corrected chi connectivity index (χ3v) is 5.28. The molecule has 0 saturated heterocycles. The molecule has 3 rings (SSSR count). The lowest BCUT2D eigenvalue weighted by molar-refractivity contribution is 0.555. The lowest BCUT2D eigenvalue weighted by atomic mass is 9.88. The number of nitrogens with zero attached hydrogens (tertiary/aromatic N) is 3. The highest BCUT2D eigenvalue weighted by molar-refractivity contribution is 5.70. The summed E-state index contributed by atoms with van der Waals surface area (Å²) in [7, 11) is 0. The van der Waals surface area contributed by atoms with Gasteiger partial charge in [0.15, 0.2) is 5.65 Å². The molecule has 3 aromatic rings. The Labute approximate surface area is 158 Å². The van der Waals surface area contributed by atoms with Gasteiger partial charge in [-0.05, 0) is 24.3 Å². The third kappa shape index (κ3) is 3.48. The average molecular weight is 368 g/mol. The summed E-state index contributed by atoms with van der Waals surface area (Å²) in [5.41, 5.74) is 1.58. The molecule has 0 fully saturated rings. The van der Waals surface area contributed by atoms with Crippen LogP contribution >= 0.6 is 0 Å². The van der Waals surface area contributed by atoms with E-state index >= 15 is 0 Å². The van der Waals surface area contributed by atoms with Crippen molar-refractivity contribution in [2.24, 2.45) is 0 Å². The molecule has 144 valence electrons. The Bertz CT molecular complexity index is 1030. The smallest absolute Gasteiger partial charge is 0.332 e. The summed E-state index contributed by atoms with van der Waals surface area (Å²) in [5, 5.41) is 0. The first-order chi connectivity index (χ1) is 13.0. The first-order valence-electron chi connectivity index (χ1n) is 9.77. The fourth-order valence-electron chi connectivity index (χ4n) is 3.53. The zero-order valence-corrected chi connectivity index (χ0v) is 16.5. The van der Waals surface area contributed by atoms with Gasteiger partial charge in [0.05, 0.1) is 0 Å². The van der Waals surface area contributed by atoms with E-state index in [1.54, 1.807) is 4.57 Å². The summed E-state index contributed by atoms with van der Waals surface area (Å²) in [6, 6.07) is 10.3. The molecule has 6 heteroatoms. The number of rotatable bonds is 7. The summed E-state index contributed by atoms with van der Waals surface area (Å²) in [4.78, 5) is 33.6. The van der Waals surface area contributed by atoms with Crippen LogP contribution in [0.4, 0.5) is 0 Å². The van der Waals surface area contributed by atoms with Crippen molar-refractivity contribution in [2.45, 2.75) is 65.5 Å². The molecular weight excluding hydrogens is 340 g/mol. The van der Waals surface area contributed by atoms with Crippen LogP contribution in [0.2, 0.25) is 0 Å². The summed E-state index contributed by atoms with van der Waals surface area (Å²) < 4.78 is 2.96. The van der Waals surface area contributed by atoms with Crippen LogP contribution in [0.15, 0.2) is 39.9 Å². The van der Waals surface area contributed by atoms with Crippen LogP contribution in [0.1, 0.15) is 63.8 Å². The van der Waals surface area contributed by atoms with Crippen molar-refractivity contribution in [1.82, 2.24) is 19.1 Å². The van der Waals surface area contributed by atoms with Gasteiger partial charge < -0.3 is 4.98 Å². The molecule has 27 heavy (non-hydrogen) atoms. The number of hydrogen-bond donors (Lipinski definition) is 1. The van der Waals surface area contributed by atoms with Crippen LogP contribution in [0, 0.1) is 0 Å². The Kier molecular flexibility index (Phi) is 5.63. The molecule has 6 nitrogen and oxygen atoms in total. The number of fused-ring (bicyclic) bond motifs is 1. The maximum atomic E-state index is 12.8. The third-order valence-electron chi connectivity index (χ3n) is 5.28. The number of hydrogen-bond acceptors (Lipinski definition) is 3. The lowest BCUT2D eigenvalue weighted by Crippen LogP contribution is -2.40. The van der Waals surface area contributed by atoms with Crippen molar-refractivity contribution < 1.29 is 0 Å². The van der Waals surface area contributed by atoms with Crippen molar-refractivity contribution in [3.8, 4) is 0 Å². The SMILES string of the molecule is CCCn1c(=O)c2[nH]c([C@H](C)C(C)c3ccccc3)nc2n(CCC)c1=O. The molecule has 2 atom stereocenters. The Morgan fingerprint density at radius 1 is 0.963 bits per heavy atom. The number of aromatic nitrogens is 4. The van der Waals surface area contributed by atoms with Gasteiger partial charge in [0, 0.05) is 19.0 Å². The highest BCUT2D eigenvalue weighted by Gasteiger charge is 2.23. The average Bonchev–Trinajstić information content (AvgIpc) is 3.13. The summed E-state index contributed by atoms with van der Waals surface area (Å²) in [6.45, 7) is 9.20. The molecule has 0 saturated carbocycles. The summed E-state index contributed by atoms with van der Waals surface area (Å²) >= 11 is 0. The van der Waals surface area contributed by atoms with Gasteiger partial charge in [0.25, 0.3) is 5.56 Å². The predicted octanol–water partition coefficient (Wildman–Crippen LogP) is 3.61. The van der Waals surface area contributed by atoms with E-state index in [-0.39, 0.29) is 23.1 Å². The number of benzene rings is 1. The Morgan fingerprint density at radius 2 is 1.59 bits per heavy atom. The summed E-state index contributed by atoms with van der Waals surface area (Å²) in [5.74, 6) is 1.07. The van der Waals surface area contributed by atoms with Gasteiger partial charge in [-0.2, -0.15) is 0 Å². The van der Waals surface area contributed by atoms with E-state index in [0.29, 0.717) is 24.3 Å². The number of aryl methyl sites for hydroxylation is 1. The van der Waals surface area contributed by atoms with Crippen LogP contribution in [-0.2, 0) is 13.1 Å². The van der Waals surface area contributed by atoms with E-state index < -0.39 is 0 Å². The predicted molar refractivity (Wildman–Crippen MR) is 108 cm³/mol. The van der Waals surface area contributed by atoms with Gasteiger partial charge >= 0.3 is 5.69 Å². The van der Waals surface area contributed by atoms with E-state index in [0.717, 1.165) is 18.7 Å². The van der Waals surface area contributed by atoms with Crippen molar-refractivity contribution in [3.63, 3.8) is 0 Å². The minimum absolute atomic E-state index is 0.0870. The second kappa shape index (κ2) is 7.94. The fraction of sp³-hybridized carbons (Fsp3) is 0.476. The van der Waals surface area contributed by atoms with Crippen molar-refractivity contribution >= 4 is 11.2 Å². The molecule has 1 unspecified atom stereocenters. The van der Waals surface area contributed by atoms with Crippen LogP contribution in [0.25, 0.3) is 11.2 Å². The van der Waals surface area contributed by atoms with E-state index in [9.17, 15) is 9.59 Å². The summed E-state index contributed by atoms with van der Waals surface area (Å²) in [6.07, 6.45) is 1.53. The molecule has 0 radical (unpaired) electrons. The Balaban J connectivity index is 2.14. The second-order valence-corrected chi connectivity index (χ2v) is 7.20. The van der Waals surface area contributed by atoms with Gasteiger partial charge in [0.1, 0.15) is 11.3 Å². The van der Waals surface area contributed by atoms with Crippen LogP contribution in [-0.4, -0.2) is 19.1 Å². The molecule has 0 bridgehead atoms. The standard InChI is InChI=1S/C21H28N4O2/c1-5-12-24-19-17(20(26)25(13-6-2)21(24)27)22-18(23-19)15(4)14(3)16-10-8-7-9-11-16/h7-11,14-15H,5-6,12-13H2,1-4H3,(H,22,23)/t14?,15-/m1/s1. The molecule has 0 amide bonds. The maximum Gasteiger partial charge on any atom is 0.332 e. The van der Waals surface area contributed by atoms with E-state index in [4.69, 9.17) is 4.98 Å². The second-order valence-electron chi connectivity index (χ2n) is 7.20. The zero-order valence-electron chi connectivity index (χ0n) is 16.5. The maximum absolute atomic E-state index is 12.8. The molecule has 1 N–H and O–H groups in total. The fourth-order valence-corrected chi connectivity index (χ4v) is 3.53. The number of H-pyrrole nitrogens is 1. The first kappa shape index (κ1) is 19.1. The topological polar surface area (TPSA) is 72.7 Å². The highest BCUT2D eigenvalue weighted by atomic mass is 16.2. The van der Waals surface area contributed by atoms with Crippen molar-refractivity contribution in [1.29, 1.82) is 0 Å². The van der Waals surface area contributed by atoms with Gasteiger partial charge in [-0.1, -0.05) is 58.0 Å². The lowest BCUT2D eigenvalue weighted by Gasteiger charge is -2.18. The van der Waals surface area contributed by atoms with E-state index in [1.807, 2.05) is 32.0 Å². The van der Waals surface area contributed by atoms with Crippen molar-refractivity contribution in [3.05, 3.63) is 62.6 Å². The van der Waals surface area contributed by atoms with Crippen molar-refractivity contribution in [2.75, 3.05) is 0 Å². The van der Waals surface area contributed by atoms with Crippen LogP contribution in [0.5, 0.6) is 0 Å². The molecule has 0 aliphatic carbocycles. The van der Waals surface area contributed by atoms with Gasteiger partial charge in [0.2, 0.25) is 0 Å². The molecule has 0 aliphatic rings. The largest absolute Gasteiger partial charge is 0.336 e. The Hall–Kier alpha value is -2.63. The van der Waals surface area contributed by atoms with E-state index in [2.05, 4.69) is 31.0 Å². The number of nitrogens with one attached hydrogen (secondary N) is 1. The van der Waals surface area contributed by atoms with E-state index in [1.165, 1.54) is 10.1 Å². The van der Waals surface area contributed by atoms with Gasteiger partial charge in [-0.25, -0.2) is 9.78 Å². The molecule has 0 aliphatic heterocycles. The molecule has 1 aromatic carbocycles. The number of imidazole rings is 1. The number of aromatic amines is 1. The minimum Gasteiger partial charge on any atom is -0.336 e. The zero-order chi connectivity index (χ0) is 19.6. The van der Waals surface area contributed by atoms with Crippen LogP contribution in [0.3, 0.4) is 0 Å². The normalized spacial score (nSPS) is 13.8. The Morgan fingerprint density at radius 3 is 2.22 bits per heavy atom. The molecule has 2 aromatic heterocycles. The molecule has 0 spiro atoms. The quantitative estimate of drug-likeness (QED) is 0.692. The first-order valence-corrected chi connectivity index (χ1v) is 9.77. The van der Waals surface area contributed by atoms with Crippen LogP contribution < -0.4 is 11.2 Å². The minimum atomic E-state index is -0.275. The highest BCUT2D eigenvalue weighted by Crippen LogP contribution is 2.31. The monoisotopic (exact) mass is 368 g/mol.